The molecule has 126 valence electrons. The molecule has 5 nitrogen and oxygen atoms in total. The van der Waals surface area contributed by atoms with Gasteiger partial charge in [-0.3, -0.25) is 5.43 Å². The first kappa shape index (κ1) is 18.6. The van der Waals surface area contributed by atoms with Gasteiger partial charge in [-0.05, 0) is 30.3 Å². The van der Waals surface area contributed by atoms with Crippen LogP contribution in [0, 0.1) is 22.7 Å². The van der Waals surface area contributed by atoms with Gasteiger partial charge in [-0.25, -0.2) is 4.98 Å². The maximum atomic E-state index is 12.6. The van der Waals surface area contributed by atoms with Crippen LogP contribution in [0.4, 0.5) is 18.9 Å². The minimum absolute atomic E-state index is 0.0979. The van der Waals surface area contributed by atoms with Crippen molar-refractivity contribution < 1.29 is 13.2 Å². The van der Waals surface area contributed by atoms with Gasteiger partial charge >= 0.3 is 6.18 Å². The zero-order chi connectivity index (χ0) is 18.4. The van der Waals surface area contributed by atoms with Gasteiger partial charge in [0.2, 0.25) is 5.71 Å². The van der Waals surface area contributed by atoms with Crippen LogP contribution in [0.25, 0.3) is 0 Å². The first-order valence-electron chi connectivity index (χ1n) is 6.48. The lowest BCUT2D eigenvalue weighted by molar-refractivity contribution is -0.137. The number of nitriles is 2. The van der Waals surface area contributed by atoms with Gasteiger partial charge in [0.25, 0.3) is 0 Å². The molecule has 0 amide bonds. The maximum absolute atomic E-state index is 12.6. The van der Waals surface area contributed by atoms with Crippen molar-refractivity contribution in [3.05, 3.63) is 47.1 Å². The van der Waals surface area contributed by atoms with Crippen LogP contribution in [0.1, 0.15) is 5.56 Å². The Labute approximate surface area is 149 Å². The van der Waals surface area contributed by atoms with Crippen molar-refractivity contribution in [1.82, 2.24) is 4.98 Å². The second-order valence-electron chi connectivity index (χ2n) is 4.43. The zero-order valence-electron chi connectivity index (χ0n) is 12.2. The van der Waals surface area contributed by atoms with Crippen molar-refractivity contribution in [2.45, 2.75) is 16.1 Å². The molecule has 0 unspecified atom stereocenters. The van der Waals surface area contributed by atoms with Crippen LogP contribution in [0.15, 0.2) is 51.6 Å². The van der Waals surface area contributed by atoms with E-state index in [4.69, 9.17) is 22.1 Å². The summed E-state index contributed by atoms with van der Waals surface area (Å²) in [6.45, 7) is 0. The standard InChI is InChI=1S/C15H7ClF3N5S/c16-13-5-9(15(17,18)19)8-22-14(13)25-12-3-1-10(2-4-12)23-24-11(6-20)7-21/h1-5,8,23H. The molecule has 0 atom stereocenters. The summed E-state index contributed by atoms with van der Waals surface area (Å²) in [5.41, 5.74) is 1.83. The lowest BCUT2D eigenvalue weighted by Crippen LogP contribution is -2.05. The minimum atomic E-state index is -4.50. The van der Waals surface area contributed by atoms with Gasteiger partial charge < -0.3 is 0 Å². The van der Waals surface area contributed by atoms with E-state index in [0.717, 1.165) is 24.0 Å². The SMILES string of the molecule is N#CC(C#N)=NNc1ccc(Sc2ncc(C(F)(F)F)cc2Cl)cc1. The Morgan fingerprint density at radius 2 is 1.84 bits per heavy atom. The molecular weight excluding hydrogens is 375 g/mol. The molecule has 2 rings (SSSR count). The van der Waals surface area contributed by atoms with E-state index in [1.807, 2.05) is 0 Å². The summed E-state index contributed by atoms with van der Waals surface area (Å²) in [6.07, 6.45) is -3.77. The molecule has 10 heteroatoms. The van der Waals surface area contributed by atoms with Crippen molar-refractivity contribution >= 4 is 34.8 Å². The zero-order valence-corrected chi connectivity index (χ0v) is 13.7. The molecule has 1 aromatic heterocycles. The molecule has 0 saturated heterocycles. The molecule has 0 aliphatic heterocycles. The molecule has 0 saturated carbocycles. The molecule has 1 aromatic carbocycles. The van der Waals surface area contributed by atoms with E-state index in [9.17, 15) is 13.2 Å². The summed E-state index contributed by atoms with van der Waals surface area (Å²) < 4.78 is 37.8. The number of hydrogen-bond acceptors (Lipinski definition) is 6. The number of nitrogens with one attached hydrogen (secondary N) is 1. The van der Waals surface area contributed by atoms with E-state index in [1.54, 1.807) is 36.4 Å². The number of pyridine rings is 1. The number of alkyl halides is 3. The van der Waals surface area contributed by atoms with Crippen molar-refractivity contribution in [3.8, 4) is 12.1 Å². The third-order valence-electron chi connectivity index (χ3n) is 2.71. The van der Waals surface area contributed by atoms with Crippen LogP contribution in [-0.4, -0.2) is 10.7 Å². The molecule has 0 spiro atoms. The molecule has 1 heterocycles. The highest BCUT2D eigenvalue weighted by atomic mass is 35.5. The van der Waals surface area contributed by atoms with Crippen LogP contribution < -0.4 is 5.43 Å². The fraction of sp³-hybridized carbons (Fsp3) is 0.0667. The second-order valence-corrected chi connectivity index (χ2v) is 5.90. The highest BCUT2D eigenvalue weighted by molar-refractivity contribution is 7.99. The van der Waals surface area contributed by atoms with Crippen molar-refractivity contribution in [3.63, 3.8) is 0 Å². The number of rotatable bonds is 4. The Morgan fingerprint density at radius 1 is 1.20 bits per heavy atom. The summed E-state index contributed by atoms with van der Waals surface area (Å²) in [7, 11) is 0. The highest BCUT2D eigenvalue weighted by Gasteiger charge is 2.31. The Bertz CT molecular complexity index is 866. The molecule has 0 aliphatic carbocycles. The molecule has 0 radical (unpaired) electrons. The monoisotopic (exact) mass is 381 g/mol. The van der Waals surface area contributed by atoms with Crippen LogP contribution >= 0.6 is 23.4 Å². The van der Waals surface area contributed by atoms with E-state index in [-0.39, 0.29) is 15.8 Å². The number of hydrazone groups is 1. The van der Waals surface area contributed by atoms with E-state index < -0.39 is 11.7 Å². The quantitative estimate of drug-likeness (QED) is 0.611. The third kappa shape index (κ3) is 5.11. The largest absolute Gasteiger partial charge is 0.417 e. The first-order valence-corrected chi connectivity index (χ1v) is 7.67. The van der Waals surface area contributed by atoms with Crippen LogP contribution in [0.2, 0.25) is 5.02 Å². The third-order valence-corrected chi connectivity index (χ3v) is 4.14. The molecule has 1 N–H and O–H groups in total. The summed E-state index contributed by atoms with van der Waals surface area (Å²) >= 11 is 6.96. The summed E-state index contributed by atoms with van der Waals surface area (Å²) in [6, 6.07) is 10.6. The fourth-order valence-corrected chi connectivity index (χ4v) is 2.60. The van der Waals surface area contributed by atoms with Crippen molar-refractivity contribution in [2.75, 3.05) is 5.43 Å². The van der Waals surface area contributed by atoms with E-state index in [0.29, 0.717) is 10.6 Å². The van der Waals surface area contributed by atoms with Crippen molar-refractivity contribution in [2.24, 2.45) is 5.10 Å². The lowest BCUT2D eigenvalue weighted by Gasteiger charge is -2.09. The fourth-order valence-electron chi connectivity index (χ4n) is 1.56. The Morgan fingerprint density at radius 3 is 2.36 bits per heavy atom. The Hall–Kier alpha value is -2.75. The molecular formula is C15H7ClF3N5S. The Kier molecular flexibility index (Phi) is 5.86. The average Bonchev–Trinajstić information content (AvgIpc) is 2.58. The van der Waals surface area contributed by atoms with Gasteiger partial charge in [-0.1, -0.05) is 23.4 Å². The van der Waals surface area contributed by atoms with Crippen LogP contribution in [-0.2, 0) is 6.18 Å². The Balaban J connectivity index is 2.11. The van der Waals surface area contributed by atoms with Crippen LogP contribution in [0.3, 0.4) is 0 Å². The topological polar surface area (TPSA) is 84.9 Å². The predicted octanol–water partition coefficient (Wildman–Crippen LogP) is 4.72. The van der Waals surface area contributed by atoms with Crippen LogP contribution in [0.5, 0.6) is 0 Å². The van der Waals surface area contributed by atoms with E-state index in [2.05, 4.69) is 15.5 Å². The number of aromatic nitrogens is 1. The number of hydrogen-bond donors (Lipinski definition) is 1. The van der Waals surface area contributed by atoms with E-state index >= 15 is 0 Å². The number of benzene rings is 1. The highest BCUT2D eigenvalue weighted by Crippen LogP contribution is 2.36. The number of nitrogens with zero attached hydrogens (tertiary/aromatic N) is 4. The van der Waals surface area contributed by atoms with E-state index in [1.165, 1.54) is 0 Å². The minimum Gasteiger partial charge on any atom is -0.277 e. The average molecular weight is 382 g/mol. The van der Waals surface area contributed by atoms with Gasteiger partial charge in [-0.2, -0.15) is 28.8 Å². The molecule has 2 aromatic rings. The second kappa shape index (κ2) is 7.88. The summed E-state index contributed by atoms with van der Waals surface area (Å²) in [5, 5.41) is 20.9. The van der Waals surface area contributed by atoms with Gasteiger partial charge in [0.15, 0.2) is 0 Å². The molecule has 0 fully saturated rings. The summed E-state index contributed by atoms with van der Waals surface area (Å²) in [5.74, 6) is 0. The molecule has 25 heavy (non-hydrogen) atoms. The lowest BCUT2D eigenvalue weighted by atomic mass is 10.3. The first-order chi connectivity index (χ1) is 11.8. The number of anilines is 1. The van der Waals surface area contributed by atoms with Gasteiger partial charge in [0.05, 0.1) is 16.3 Å². The van der Waals surface area contributed by atoms with Crippen molar-refractivity contribution in [1.29, 1.82) is 10.5 Å². The van der Waals surface area contributed by atoms with Gasteiger partial charge in [-0.15, -0.1) is 0 Å². The summed E-state index contributed by atoms with van der Waals surface area (Å²) in [4.78, 5) is 4.43. The van der Waals surface area contributed by atoms with Gasteiger partial charge in [0, 0.05) is 11.1 Å². The normalized spacial score (nSPS) is 10.5. The van der Waals surface area contributed by atoms with Gasteiger partial charge in [0.1, 0.15) is 17.2 Å². The smallest absolute Gasteiger partial charge is 0.277 e. The number of halogens is 4. The maximum Gasteiger partial charge on any atom is 0.417 e. The molecule has 0 bridgehead atoms. The predicted molar refractivity (Wildman–Crippen MR) is 87.1 cm³/mol. The molecule has 0 aliphatic rings.